The molecule has 2 aliphatic heterocycles. The molecule has 0 unspecified atom stereocenters. The van der Waals surface area contributed by atoms with E-state index >= 15 is 0 Å². The summed E-state index contributed by atoms with van der Waals surface area (Å²) in [5.74, 6) is 0. The standard InChI is InChI=1S/C16H24N2/c1-14-7-8-15(17-9-3-2-4-10-17)16(13-14)18-11-5-6-12-18/h7-8,13H,2-6,9-12H2,1H3. The maximum absolute atomic E-state index is 2.59. The van der Waals surface area contributed by atoms with Gasteiger partial charge in [-0.3, -0.25) is 0 Å². The zero-order chi connectivity index (χ0) is 12.4. The number of rotatable bonds is 2. The maximum Gasteiger partial charge on any atom is 0.0606 e. The number of hydrogen-bond donors (Lipinski definition) is 0. The lowest BCUT2D eigenvalue weighted by Gasteiger charge is -2.33. The van der Waals surface area contributed by atoms with E-state index in [1.807, 2.05) is 0 Å². The van der Waals surface area contributed by atoms with E-state index in [0.29, 0.717) is 0 Å². The van der Waals surface area contributed by atoms with Gasteiger partial charge in [0.05, 0.1) is 11.4 Å². The van der Waals surface area contributed by atoms with Gasteiger partial charge >= 0.3 is 0 Å². The Bertz CT molecular complexity index is 402. The molecule has 2 aliphatic rings. The van der Waals surface area contributed by atoms with Gasteiger partial charge in [-0.15, -0.1) is 0 Å². The van der Waals surface area contributed by atoms with E-state index in [0.717, 1.165) is 0 Å². The molecule has 2 heteroatoms. The average molecular weight is 244 g/mol. The predicted octanol–water partition coefficient (Wildman–Crippen LogP) is 3.59. The van der Waals surface area contributed by atoms with Crippen LogP contribution in [0.5, 0.6) is 0 Å². The minimum absolute atomic E-state index is 1.24. The minimum atomic E-state index is 1.24. The normalized spacial score (nSPS) is 20.5. The summed E-state index contributed by atoms with van der Waals surface area (Å²) in [4.78, 5) is 5.17. The maximum atomic E-state index is 2.59. The van der Waals surface area contributed by atoms with Gasteiger partial charge in [-0.2, -0.15) is 0 Å². The molecule has 3 rings (SSSR count). The summed E-state index contributed by atoms with van der Waals surface area (Å²) in [6, 6.07) is 6.99. The Labute approximate surface area is 111 Å². The van der Waals surface area contributed by atoms with E-state index in [2.05, 4.69) is 34.9 Å². The third kappa shape index (κ3) is 2.33. The summed E-state index contributed by atoms with van der Waals surface area (Å²) < 4.78 is 0. The zero-order valence-corrected chi connectivity index (χ0v) is 11.5. The number of nitrogens with zero attached hydrogens (tertiary/aromatic N) is 2. The molecule has 0 saturated carbocycles. The van der Waals surface area contributed by atoms with Crippen LogP contribution in [0.25, 0.3) is 0 Å². The van der Waals surface area contributed by atoms with Crippen molar-refractivity contribution in [3.05, 3.63) is 23.8 Å². The Hall–Kier alpha value is -1.18. The van der Waals surface area contributed by atoms with E-state index in [9.17, 15) is 0 Å². The molecule has 0 aromatic heterocycles. The van der Waals surface area contributed by atoms with Crippen molar-refractivity contribution in [2.75, 3.05) is 36.0 Å². The highest BCUT2D eigenvalue weighted by atomic mass is 15.2. The lowest BCUT2D eigenvalue weighted by atomic mass is 10.1. The molecule has 1 aromatic carbocycles. The van der Waals surface area contributed by atoms with Crippen LogP contribution in [0.3, 0.4) is 0 Å². The van der Waals surface area contributed by atoms with Crippen LogP contribution in [0.2, 0.25) is 0 Å². The Morgan fingerprint density at radius 1 is 0.722 bits per heavy atom. The molecular weight excluding hydrogens is 220 g/mol. The predicted molar refractivity (Wildman–Crippen MR) is 78.7 cm³/mol. The molecule has 0 aliphatic carbocycles. The molecule has 98 valence electrons. The Morgan fingerprint density at radius 3 is 1.94 bits per heavy atom. The topological polar surface area (TPSA) is 6.48 Å². The van der Waals surface area contributed by atoms with Crippen molar-refractivity contribution in [3.8, 4) is 0 Å². The second-order valence-electron chi connectivity index (χ2n) is 5.73. The molecule has 2 fully saturated rings. The molecule has 0 atom stereocenters. The number of benzene rings is 1. The first-order valence-corrected chi connectivity index (χ1v) is 7.45. The highest BCUT2D eigenvalue weighted by molar-refractivity contribution is 5.72. The van der Waals surface area contributed by atoms with Crippen LogP contribution in [0.15, 0.2) is 18.2 Å². The molecule has 18 heavy (non-hydrogen) atoms. The fourth-order valence-corrected chi connectivity index (χ4v) is 3.25. The van der Waals surface area contributed by atoms with Gasteiger partial charge in [0.2, 0.25) is 0 Å². The van der Waals surface area contributed by atoms with E-state index < -0.39 is 0 Å². The molecule has 0 radical (unpaired) electrons. The van der Waals surface area contributed by atoms with Crippen molar-refractivity contribution < 1.29 is 0 Å². The SMILES string of the molecule is Cc1ccc(N2CCCCC2)c(N2CCCC2)c1. The van der Waals surface area contributed by atoms with Gasteiger partial charge in [0.15, 0.2) is 0 Å². The monoisotopic (exact) mass is 244 g/mol. The summed E-state index contributed by atoms with van der Waals surface area (Å²) in [5, 5.41) is 0. The zero-order valence-electron chi connectivity index (χ0n) is 11.5. The molecule has 2 heterocycles. The Kier molecular flexibility index (Phi) is 3.44. The number of hydrogen-bond acceptors (Lipinski definition) is 2. The first-order chi connectivity index (χ1) is 8.84. The summed E-state index contributed by atoms with van der Waals surface area (Å²) in [6.07, 6.45) is 6.82. The van der Waals surface area contributed by atoms with Crippen molar-refractivity contribution in [1.29, 1.82) is 0 Å². The number of aryl methyl sites for hydroxylation is 1. The van der Waals surface area contributed by atoms with Crippen LogP contribution in [-0.4, -0.2) is 26.2 Å². The lowest BCUT2D eigenvalue weighted by Crippen LogP contribution is -2.31. The first kappa shape index (κ1) is 11.9. The van der Waals surface area contributed by atoms with Gasteiger partial charge in [0.25, 0.3) is 0 Å². The minimum Gasteiger partial charge on any atom is -0.370 e. The molecule has 0 bridgehead atoms. The summed E-state index contributed by atoms with van der Waals surface area (Å²) in [5.41, 5.74) is 4.34. The van der Waals surface area contributed by atoms with E-state index in [1.54, 1.807) is 0 Å². The lowest BCUT2D eigenvalue weighted by molar-refractivity contribution is 0.577. The van der Waals surface area contributed by atoms with Crippen molar-refractivity contribution in [2.45, 2.75) is 39.0 Å². The molecule has 1 aromatic rings. The van der Waals surface area contributed by atoms with Gasteiger partial charge in [0, 0.05) is 26.2 Å². The van der Waals surface area contributed by atoms with Gasteiger partial charge < -0.3 is 9.80 Å². The van der Waals surface area contributed by atoms with Gasteiger partial charge in [-0.1, -0.05) is 6.07 Å². The van der Waals surface area contributed by atoms with Crippen LogP contribution >= 0.6 is 0 Å². The van der Waals surface area contributed by atoms with Crippen LogP contribution < -0.4 is 9.80 Å². The van der Waals surface area contributed by atoms with Crippen LogP contribution in [-0.2, 0) is 0 Å². The van der Waals surface area contributed by atoms with Crippen LogP contribution in [0, 0.1) is 6.92 Å². The third-order valence-electron chi connectivity index (χ3n) is 4.27. The summed E-state index contributed by atoms with van der Waals surface area (Å²) in [6.45, 7) is 7.17. The Balaban J connectivity index is 1.91. The fourth-order valence-electron chi connectivity index (χ4n) is 3.25. The van der Waals surface area contributed by atoms with E-state index in [-0.39, 0.29) is 0 Å². The quantitative estimate of drug-likeness (QED) is 0.784. The highest BCUT2D eigenvalue weighted by Gasteiger charge is 2.20. The Morgan fingerprint density at radius 2 is 1.28 bits per heavy atom. The average Bonchev–Trinajstić information content (AvgIpc) is 2.93. The molecule has 2 saturated heterocycles. The summed E-state index contributed by atoms with van der Waals surface area (Å²) >= 11 is 0. The largest absolute Gasteiger partial charge is 0.370 e. The molecule has 0 spiro atoms. The molecule has 0 N–H and O–H groups in total. The van der Waals surface area contributed by atoms with Crippen molar-refractivity contribution in [1.82, 2.24) is 0 Å². The smallest absolute Gasteiger partial charge is 0.0606 e. The van der Waals surface area contributed by atoms with Crippen molar-refractivity contribution >= 4 is 11.4 Å². The molecule has 0 amide bonds. The molecular formula is C16H24N2. The fraction of sp³-hybridized carbons (Fsp3) is 0.625. The van der Waals surface area contributed by atoms with Crippen molar-refractivity contribution in [2.24, 2.45) is 0 Å². The second-order valence-corrected chi connectivity index (χ2v) is 5.73. The van der Waals surface area contributed by atoms with Gasteiger partial charge in [-0.25, -0.2) is 0 Å². The van der Waals surface area contributed by atoms with E-state index in [4.69, 9.17) is 0 Å². The highest BCUT2D eigenvalue weighted by Crippen LogP contribution is 2.34. The van der Waals surface area contributed by atoms with Crippen LogP contribution in [0.4, 0.5) is 11.4 Å². The first-order valence-electron chi connectivity index (χ1n) is 7.45. The van der Waals surface area contributed by atoms with Crippen LogP contribution in [0.1, 0.15) is 37.7 Å². The molecule has 2 nitrogen and oxygen atoms in total. The van der Waals surface area contributed by atoms with Gasteiger partial charge in [0.1, 0.15) is 0 Å². The van der Waals surface area contributed by atoms with E-state index in [1.165, 1.54) is 75.2 Å². The third-order valence-corrected chi connectivity index (χ3v) is 4.27. The number of piperidine rings is 1. The number of anilines is 2. The van der Waals surface area contributed by atoms with Gasteiger partial charge in [-0.05, 0) is 56.7 Å². The summed E-state index contributed by atoms with van der Waals surface area (Å²) in [7, 11) is 0. The second kappa shape index (κ2) is 5.21. The van der Waals surface area contributed by atoms with Crippen molar-refractivity contribution in [3.63, 3.8) is 0 Å².